The van der Waals surface area contributed by atoms with Crippen molar-refractivity contribution in [1.82, 2.24) is 0 Å². The average molecular weight is 313 g/mol. The first-order valence-electron chi connectivity index (χ1n) is 7.40. The number of phenols is 1. The number of anilines is 1. The van der Waals surface area contributed by atoms with Gasteiger partial charge in [0, 0.05) is 19.5 Å². The van der Waals surface area contributed by atoms with Crippen molar-refractivity contribution in [1.29, 1.82) is 0 Å². The van der Waals surface area contributed by atoms with Gasteiger partial charge in [-0.3, -0.25) is 4.79 Å². The van der Waals surface area contributed by atoms with Gasteiger partial charge in [-0.05, 0) is 30.7 Å². The summed E-state index contributed by atoms with van der Waals surface area (Å²) in [5.74, 6) is 1.23. The fraction of sp³-hybridized carbons (Fsp3) is 0.278. The van der Waals surface area contributed by atoms with E-state index in [9.17, 15) is 9.90 Å². The maximum absolute atomic E-state index is 12.6. The molecule has 1 amide bonds. The van der Waals surface area contributed by atoms with Crippen LogP contribution in [0.1, 0.15) is 11.1 Å². The SMILES string of the molecule is COc1ccc(C)cc1CC1Oc2cc(O)ccc2N(C)C1=O. The quantitative estimate of drug-likeness (QED) is 0.946. The standard InChI is InChI=1S/C18H19NO4/c1-11-4-7-15(22-3)12(8-11)9-17-18(21)19(2)14-6-5-13(20)10-16(14)23-17/h4-8,10,17,20H,9H2,1-3H3. The van der Waals surface area contributed by atoms with Crippen molar-refractivity contribution in [3.63, 3.8) is 0 Å². The number of fused-ring (bicyclic) bond motifs is 1. The molecule has 1 atom stereocenters. The molecule has 1 aliphatic heterocycles. The Morgan fingerprint density at radius 1 is 1.26 bits per heavy atom. The van der Waals surface area contributed by atoms with Crippen molar-refractivity contribution < 1.29 is 19.4 Å². The third-order valence-electron chi connectivity index (χ3n) is 4.02. The summed E-state index contributed by atoms with van der Waals surface area (Å²) in [7, 11) is 3.32. The minimum Gasteiger partial charge on any atom is -0.508 e. The molecular weight excluding hydrogens is 294 g/mol. The maximum atomic E-state index is 12.6. The lowest BCUT2D eigenvalue weighted by Gasteiger charge is -2.32. The number of hydrogen-bond acceptors (Lipinski definition) is 4. The summed E-state index contributed by atoms with van der Waals surface area (Å²) in [5, 5.41) is 9.63. The normalized spacial score (nSPS) is 16.7. The Labute approximate surface area is 135 Å². The number of carbonyl (C=O) groups is 1. The molecule has 0 aromatic heterocycles. The number of methoxy groups -OCH3 is 1. The first-order valence-corrected chi connectivity index (χ1v) is 7.40. The Bertz CT molecular complexity index is 757. The van der Waals surface area contributed by atoms with E-state index in [1.54, 1.807) is 25.1 Å². The van der Waals surface area contributed by atoms with Gasteiger partial charge < -0.3 is 19.5 Å². The second-order valence-electron chi connectivity index (χ2n) is 5.68. The van der Waals surface area contributed by atoms with Crippen LogP contribution in [0.3, 0.4) is 0 Å². The molecular formula is C18H19NO4. The summed E-state index contributed by atoms with van der Waals surface area (Å²) in [6.45, 7) is 1.99. The monoisotopic (exact) mass is 313 g/mol. The van der Waals surface area contributed by atoms with Crippen LogP contribution >= 0.6 is 0 Å². The molecule has 1 unspecified atom stereocenters. The summed E-state index contributed by atoms with van der Waals surface area (Å²) < 4.78 is 11.2. The zero-order chi connectivity index (χ0) is 16.6. The minimum absolute atomic E-state index is 0.110. The predicted octanol–water partition coefficient (Wildman–Crippen LogP) is 2.68. The van der Waals surface area contributed by atoms with Gasteiger partial charge in [-0.25, -0.2) is 0 Å². The first-order chi connectivity index (χ1) is 11.0. The molecule has 0 bridgehead atoms. The third kappa shape index (κ3) is 2.82. The molecule has 5 nitrogen and oxygen atoms in total. The van der Waals surface area contributed by atoms with E-state index in [0.717, 1.165) is 16.9 Å². The topological polar surface area (TPSA) is 59.0 Å². The molecule has 23 heavy (non-hydrogen) atoms. The Balaban J connectivity index is 1.92. The Kier molecular flexibility index (Phi) is 3.86. The van der Waals surface area contributed by atoms with Crippen LogP contribution in [0.5, 0.6) is 17.2 Å². The molecule has 2 aromatic carbocycles. The molecule has 0 spiro atoms. The van der Waals surface area contributed by atoms with Gasteiger partial charge in [-0.1, -0.05) is 17.7 Å². The number of nitrogens with zero attached hydrogens (tertiary/aromatic N) is 1. The van der Waals surface area contributed by atoms with Crippen LogP contribution < -0.4 is 14.4 Å². The number of likely N-dealkylation sites (N-methyl/N-ethyl adjacent to an activating group) is 1. The van der Waals surface area contributed by atoms with E-state index in [1.807, 2.05) is 25.1 Å². The summed E-state index contributed by atoms with van der Waals surface area (Å²) in [6, 6.07) is 10.6. The van der Waals surface area contributed by atoms with E-state index >= 15 is 0 Å². The number of rotatable bonds is 3. The minimum atomic E-state index is -0.648. The smallest absolute Gasteiger partial charge is 0.268 e. The van der Waals surface area contributed by atoms with Crippen LogP contribution in [0.4, 0.5) is 5.69 Å². The lowest BCUT2D eigenvalue weighted by Crippen LogP contribution is -2.44. The molecule has 3 rings (SSSR count). The molecule has 2 aromatic rings. The van der Waals surface area contributed by atoms with Gasteiger partial charge in [0.1, 0.15) is 17.2 Å². The highest BCUT2D eigenvalue weighted by molar-refractivity contribution is 5.99. The fourth-order valence-electron chi connectivity index (χ4n) is 2.81. The van der Waals surface area contributed by atoms with E-state index in [1.165, 1.54) is 12.1 Å². The van der Waals surface area contributed by atoms with Crippen LogP contribution in [0.25, 0.3) is 0 Å². The van der Waals surface area contributed by atoms with Crippen molar-refractivity contribution in [3.8, 4) is 17.2 Å². The summed E-state index contributed by atoms with van der Waals surface area (Å²) >= 11 is 0. The zero-order valence-electron chi connectivity index (χ0n) is 13.4. The molecule has 0 saturated carbocycles. The van der Waals surface area contributed by atoms with Crippen molar-refractivity contribution in [2.24, 2.45) is 0 Å². The van der Waals surface area contributed by atoms with Crippen molar-refractivity contribution >= 4 is 11.6 Å². The van der Waals surface area contributed by atoms with E-state index in [2.05, 4.69) is 0 Å². The van der Waals surface area contributed by atoms with Crippen LogP contribution in [0.15, 0.2) is 36.4 Å². The third-order valence-corrected chi connectivity index (χ3v) is 4.02. The summed E-state index contributed by atoms with van der Waals surface area (Å²) in [6.07, 6.45) is -0.242. The second-order valence-corrected chi connectivity index (χ2v) is 5.68. The maximum Gasteiger partial charge on any atom is 0.268 e. The number of phenolic OH excluding ortho intramolecular Hbond substituents is 1. The average Bonchev–Trinajstić information content (AvgIpc) is 2.52. The predicted molar refractivity (Wildman–Crippen MR) is 87.4 cm³/mol. The van der Waals surface area contributed by atoms with Crippen LogP contribution in [0.2, 0.25) is 0 Å². The molecule has 0 aliphatic carbocycles. The number of hydrogen-bond donors (Lipinski definition) is 1. The summed E-state index contributed by atoms with van der Waals surface area (Å²) in [5.41, 5.74) is 2.67. The van der Waals surface area contributed by atoms with Crippen LogP contribution in [-0.2, 0) is 11.2 Å². The summed E-state index contributed by atoms with van der Waals surface area (Å²) in [4.78, 5) is 14.1. The Morgan fingerprint density at radius 2 is 2.04 bits per heavy atom. The van der Waals surface area contributed by atoms with E-state index < -0.39 is 6.10 Å². The molecule has 120 valence electrons. The Morgan fingerprint density at radius 3 is 2.78 bits per heavy atom. The van der Waals surface area contributed by atoms with Crippen LogP contribution in [-0.4, -0.2) is 31.3 Å². The van der Waals surface area contributed by atoms with Crippen molar-refractivity contribution in [2.45, 2.75) is 19.4 Å². The molecule has 1 heterocycles. The molecule has 0 saturated heterocycles. The van der Waals surface area contributed by atoms with Gasteiger partial charge >= 0.3 is 0 Å². The van der Waals surface area contributed by atoms with Gasteiger partial charge in [0.05, 0.1) is 12.8 Å². The van der Waals surface area contributed by atoms with Crippen molar-refractivity contribution in [3.05, 3.63) is 47.5 Å². The van der Waals surface area contributed by atoms with E-state index in [0.29, 0.717) is 17.9 Å². The second kappa shape index (κ2) is 5.83. The number of amides is 1. The number of aromatic hydroxyl groups is 1. The fourth-order valence-corrected chi connectivity index (χ4v) is 2.81. The van der Waals surface area contributed by atoms with E-state index in [4.69, 9.17) is 9.47 Å². The van der Waals surface area contributed by atoms with Gasteiger partial charge in [-0.2, -0.15) is 0 Å². The highest BCUT2D eigenvalue weighted by atomic mass is 16.5. The highest BCUT2D eigenvalue weighted by Crippen LogP contribution is 2.37. The van der Waals surface area contributed by atoms with Crippen molar-refractivity contribution in [2.75, 3.05) is 19.1 Å². The van der Waals surface area contributed by atoms with Gasteiger partial charge in [0.15, 0.2) is 6.10 Å². The van der Waals surface area contributed by atoms with E-state index in [-0.39, 0.29) is 11.7 Å². The van der Waals surface area contributed by atoms with Gasteiger partial charge in [0.2, 0.25) is 0 Å². The van der Waals surface area contributed by atoms with Gasteiger partial charge in [-0.15, -0.1) is 0 Å². The zero-order valence-corrected chi connectivity index (χ0v) is 13.4. The number of carbonyl (C=O) groups excluding carboxylic acids is 1. The number of aryl methyl sites for hydroxylation is 1. The number of benzene rings is 2. The molecule has 1 N–H and O–H groups in total. The van der Waals surface area contributed by atoms with Gasteiger partial charge in [0.25, 0.3) is 5.91 Å². The molecule has 0 fully saturated rings. The molecule has 0 radical (unpaired) electrons. The Hall–Kier alpha value is -2.69. The number of ether oxygens (including phenoxy) is 2. The lowest BCUT2D eigenvalue weighted by atomic mass is 10.0. The molecule has 1 aliphatic rings. The lowest BCUT2D eigenvalue weighted by molar-refractivity contribution is -0.125. The largest absolute Gasteiger partial charge is 0.508 e. The first kappa shape index (κ1) is 15.2. The molecule has 5 heteroatoms. The van der Waals surface area contributed by atoms with Crippen LogP contribution in [0, 0.1) is 6.92 Å². The highest BCUT2D eigenvalue weighted by Gasteiger charge is 2.33.